The van der Waals surface area contributed by atoms with Crippen LogP contribution in [0.3, 0.4) is 0 Å². The first-order chi connectivity index (χ1) is 7.63. The van der Waals surface area contributed by atoms with E-state index < -0.39 is 0 Å². The van der Waals surface area contributed by atoms with Gasteiger partial charge in [-0.05, 0) is 31.0 Å². The lowest BCUT2D eigenvalue weighted by molar-refractivity contribution is 0.502. The Bertz CT molecular complexity index is 552. The number of hydrogen-bond acceptors (Lipinski definition) is 3. The third-order valence-corrected chi connectivity index (χ3v) is 2.67. The topological polar surface area (TPSA) is 61.2 Å². The smallest absolute Gasteiger partial charge is 0.408 e. The molecular weight excluding hydrogens is 204 g/mol. The summed E-state index contributed by atoms with van der Waals surface area (Å²) in [5.74, 6) is -0.293. The fourth-order valence-corrected chi connectivity index (χ4v) is 1.80. The summed E-state index contributed by atoms with van der Waals surface area (Å²) >= 11 is 0. The predicted molar refractivity (Wildman–Crippen MR) is 63.4 cm³/mol. The Morgan fingerprint density at radius 2 is 2.25 bits per heavy atom. The second-order valence-corrected chi connectivity index (χ2v) is 4.04. The molecule has 1 atom stereocenters. The van der Waals surface area contributed by atoms with E-state index in [4.69, 9.17) is 10.2 Å². The van der Waals surface area contributed by atoms with Crippen molar-refractivity contribution in [3.8, 4) is 0 Å². The summed E-state index contributed by atoms with van der Waals surface area (Å²) in [7, 11) is 0. The van der Waals surface area contributed by atoms with Crippen LogP contribution in [0.25, 0.3) is 11.1 Å². The standard InChI is InChI=1S/C12H16N2O2/c1-3-6-14-10-5-4-9(8(2)13)7-11(10)16-12(14)15/h4-5,7-8H,3,6,13H2,1-2H3. The molecule has 0 amide bonds. The molecular formula is C12H16N2O2. The molecule has 0 radical (unpaired) electrons. The Labute approximate surface area is 93.7 Å². The van der Waals surface area contributed by atoms with Crippen molar-refractivity contribution in [2.24, 2.45) is 5.73 Å². The molecule has 1 aromatic heterocycles. The Balaban J connectivity index is 2.60. The molecule has 4 nitrogen and oxygen atoms in total. The molecule has 0 saturated heterocycles. The van der Waals surface area contributed by atoms with E-state index >= 15 is 0 Å². The first-order valence-electron chi connectivity index (χ1n) is 5.52. The summed E-state index contributed by atoms with van der Waals surface area (Å²) in [6.07, 6.45) is 0.906. The fourth-order valence-electron chi connectivity index (χ4n) is 1.80. The van der Waals surface area contributed by atoms with Crippen LogP contribution in [0, 0.1) is 0 Å². The summed E-state index contributed by atoms with van der Waals surface area (Å²) in [5, 5.41) is 0. The van der Waals surface area contributed by atoms with Gasteiger partial charge in [-0.25, -0.2) is 4.79 Å². The monoisotopic (exact) mass is 220 g/mol. The van der Waals surface area contributed by atoms with Crippen LogP contribution in [-0.4, -0.2) is 4.57 Å². The normalized spacial score (nSPS) is 13.2. The van der Waals surface area contributed by atoms with Crippen molar-refractivity contribution >= 4 is 11.1 Å². The van der Waals surface area contributed by atoms with Crippen LogP contribution in [0.15, 0.2) is 27.4 Å². The predicted octanol–water partition coefficient (Wildman–Crippen LogP) is 2.02. The average molecular weight is 220 g/mol. The number of rotatable bonds is 3. The highest BCUT2D eigenvalue weighted by Gasteiger charge is 2.09. The molecule has 0 saturated carbocycles. The van der Waals surface area contributed by atoms with Gasteiger partial charge >= 0.3 is 5.76 Å². The zero-order valence-electron chi connectivity index (χ0n) is 9.56. The van der Waals surface area contributed by atoms with Crippen LogP contribution in [0.4, 0.5) is 0 Å². The second kappa shape index (κ2) is 4.14. The van der Waals surface area contributed by atoms with Crippen molar-refractivity contribution in [2.75, 3.05) is 0 Å². The van der Waals surface area contributed by atoms with Crippen LogP contribution in [0.1, 0.15) is 31.9 Å². The van der Waals surface area contributed by atoms with E-state index in [1.807, 2.05) is 32.0 Å². The number of benzene rings is 1. The van der Waals surface area contributed by atoms with Gasteiger partial charge < -0.3 is 10.2 Å². The molecule has 2 rings (SSSR count). The van der Waals surface area contributed by atoms with Crippen molar-refractivity contribution in [2.45, 2.75) is 32.9 Å². The summed E-state index contributed by atoms with van der Waals surface area (Å²) in [4.78, 5) is 11.6. The van der Waals surface area contributed by atoms with E-state index in [0.717, 1.165) is 17.5 Å². The maximum atomic E-state index is 11.6. The van der Waals surface area contributed by atoms with Crippen LogP contribution in [-0.2, 0) is 6.54 Å². The molecule has 1 heterocycles. The second-order valence-electron chi connectivity index (χ2n) is 4.04. The Kier molecular flexibility index (Phi) is 2.83. The lowest BCUT2D eigenvalue weighted by Crippen LogP contribution is -2.13. The molecule has 86 valence electrons. The molecule has 0 aliphatic heterocycles. The number of nitrogens with two attached hydrogens (primary N) is 1. The first kappa shape index (κ1) is 11.0. The van der Waals surface area contributed by atoms with Crippen molar-refractivity contribution in [1.29, 1.82) is 0 Å². The number of oxazole rings is 1. The van der Waals surface area contributed by atoms with Crippen molar-refractivity contribution < 1.29 is 4.42 Å². The van der Waals surface area contributed by atoms with E-state index in [2.05, 4.69) is 0 Å². The van der Waals surface area contributed by atoms with Crippen LogP contribution >= 0.6 is 0 Å². The minimum atomic E-state index is -0.293. The molecule has 4 heteroatoms. The number of nitrogens with zero attached hydrogens (tertiary/aromatic N) is 1. The van der Waals surface area contributed by atoms with Crippen molar-refractivity contribution in [3.63, 3.8) is 0 Å². The maximum absolute atomic E-state index is 11.6. The van der Waals surface area contributed by atoms with E-state index in [1.165, 1.54) is 0 Å². The largest absolute Gasteiger partial charge is 0.419 e. The van der Waals surface area contributed by atoms with E-state index in [1.54, 1.807) is 4.57 Å². The summed E-state index contributed by atoms with van der Waals surface area (Å²) in [6.45, 7) is 4.62. The minimum Gasteiger partial charge on any atom is -0.408 e. The van der Waals surface area contributed by atoms with E-state index in [0.29, 0.717) is 12.1 Å². The molecule has 0 bridgehead atoms. The first-order valence-corrected chi connectivity index (χ1v) is 5.52. The lowest BCUT2D eigenvalue weighted by atomic mass is 10.1. The number of hydrogen-bond donors (Lipinski definition) is 1. The SMILES string of the molecule is CCCn1c(=O)oc2cc(C(C)N)ccc21. The van der Waals surface area contributed by atoms with Crippen molar-refractivity contribution in [1.82, 2.24) is 4.57 Å². The van der Waals surface area contributed by atoms with Gasteiger partial charge in [0.1, 0.15) is 0 Å². The molecule has 2 aromatic rings. The highest BCUT2D eigenvalue weighted by atomic mass is 16.4. The van der Waals surface area contributed by atoms with Gasteiger partial charge in [-0.1, -0.05) is 13.0 Å². The summed E-state index contributed by atoms with van der Waals surface area (Å²) in [5.41, 5.74) is 8.22. The molecule has 1 unspecified atom stereocenters. The van der Waals surface area contributed by atoms with Crippen LogP contribution in [0.2, 0.25) is 0 Å². The minimum absolute atomic E-state index is 0.0516. The Morgan fingerprint density at radius 1 is 1.50 bits per heavy atom. The fraction of sp³-hybridized carbons (Fsp3) is 0.417. The van der Waals surface area contributed by atoms with Gasteiger partial charge in [0.25, 0.3) is 0 Å². The van der Waals surface area contributed by atoms with Crippen LogP contribution < -0.4 is 11.5 Å². The Morgan fingerprint density at radius 3 is 2.88 bits per heavy atom. The van der Waals surface area contributed by atoms with Gasteiger partial charge in [-0.3, -0.25) is 4.57 Å². The molecule has 2 N–H and O–H groups in total. The van der Waals surface area contributed by atoms with Crippen molar-refractivity contribution in [3.05, 3.63) is 34.3 Å². The highest BCUT2D eigenvalue weighted by molar-refractivity contribution is 5.73. The lowest BCUT2D eigenvalue weighted by Gasteiger charge is -2.04. The van der Waals surface area contributed by atoms with Gasteiger partial charge in [0.2, 0.25) is 0 Å². The quantitative estimate of drug-likeness (QED) is 0.860. The number of aromatic nitrogens is 1. The van der Waals surface area contributed by atoms with Gasteiger partial charge in [0, 0.05) is 12.6 Å². The third kappa shape index (κ3) is 1.76. The Hall–Kier alpha value is -1.55. The molecule has 0 spiro atoms. The van der Waals surface area contributed by atoms with Gasteiger partial charge in [-0.15, -0.1) is 0 Å². The zero-order valence-corrected chi connectivity index (χ0v) is 9.56. The zero-order chi connectivity index (χ0) is 11.7. The number of aryl methyl sites for hydroxylation is 1. The van der Waals surface area contributed by atoms with Gasteiger partial charge in [-0.2, -0.15) is 0 Å². The average Bonchev–Trinajstić information content (AvgIpc) is 2.55. The molecule has 16 heavy (non-hydrogen) atoms. The summed E-state index contributed by atoms with van der Waals surface area (Å²) in [6, 6.07) is 5.63. The van der Waals surface area contributed by atoms with Crippen LogP contribution in [0.5, 0.6) is 0 Å². The summed E-state index contributed by atoms with van der Waals surface area (Å²) < 4.78 is 6.85. The van der Waals surface area contributed by atoms with E-state index in [9.17, 15) is 4.79 Å². The number of fused-ring (bicyclic) bond motifs is 1. The molecule has 1 aromatic carbocycles. The molecule has 0 aliphatic rings. The molecule has 0 aliphatic carbocycles. The highest BCUT2D eigenvalue weighted by Crippen LogP contribution is 2.18. The molecule has 0 fully saturated rings. The maximum Gasteiger partial charge on any atom is 0.419 e. The third-order valence-electron chi connectivity index (χ3n) is 2.67. The van der Waals surface area contributed by atoms with Gasteiger partial charge in [0.05, 0.1) is 5.52 Å². The van der Waals surface area contributed by atoms with Gasteiger partial charge in [0.15, 0.2) is 5.58 Å². The van der Waals surface area contributed by atoms with E-state index in [-0.39, 0.29) is 11.8 Å².